The molecule has 1 aliphatic heterocycles. The fourth-order valence-corrected chi connectivity index (χ4v) is 2.17. The van der Waals surface area contributed by atoms with Crippen LogP contribution in [0, 0.1) is 0 Å². The highest BCUT2D eigenvalue weighted by molar-refractivity contribution is 5.63. The SMILES string of the molecule is CCCc1cc(NC)nc(-c2ccc3c(c2)OCO3)n1. The van der Waals surface area contributed by atoms with Crippen LogP contribution in [0.3, 0.4) is 0 Å². The highest BCUT2D eigenvalue weighted by Crippen LogP contribution is 2.35. The molecule has 20 heavy (non-hydrogen) atoms. The van der Waals surface area contributed by atoms with Crippen molar-refractivity contribution in [3.63, 3.8) is 0 Å². The molecule has 2 heterocycles. The Morgan fingerprint density at radius 3 is 2.80 bits per heavy atom. The fourth-order valence-electron chi connectivity index (χ4n) is 2.17. The summed E-state index contributed by atoms with van der Waals surface area (Å²) in [7, 11) is 1.86. The molecule has 1 N–H and O–H groups in total. The third-order valence-electron chi connectivity index (χ3n) is 3.17. The van der Waals surface area contributed by atoms with E-state index in [1.165, 1.54) is 0 Å². The number of aryl methyl sites for hydroxylation is 1. The number of anilines is 1. The third kappa shape index (κ3) is 2.39. The first kappa shape index (κ1) is 12.7. The topological polar surface area (TPSA) is 56.3 Å². The Kier molecular flexibility index (Phi) is 3.41. The molecular formula is C15H17N3O2. The van der Waals surface area contributed by atoms with Gasteiger partial charge < -0.3 is 14.8 Å². The van der Waals surface area contributed by atoms with Gasteiger partial charge in [0.05, 0.1) is 0 Å². The van der Waals surface area contributed by atoms with Crippen LogP contribution in [-0.2, 0) is 6.42 Å². The molecular weight excluding hydrogens is 254 g/mol. The van der Waals surface area contributed by atoms with Crippen molar-refractivity contribution in [2.75, 3.05) is 19.2 Å². The van der Waals surface area contributed by atoms with Crippen LogP contribution in [0.4, 0.5) is 5.82 Å². The van der Waals surface area contributed by atoms with Crippen molar-refractivity contribution in [1.82, 2.24) is 9.97 Å². The molecule has 0 spiro atoms. The summed E-state index contributed by atoms with van der Waals surface area (Å²) in [5.41, 5.74) is 1.98. The third-order valence-corrected chi connectivity index (χ3v) is 3.17. The van der Waals surface area contributed by atoms with Crippen LogP contribution in [-0.4, -0.2) is 23.8 Å². The maximum Gasteiger partial charge on any atom is 0.231 e. The molecule has 104 valence electrons. The van der Waals surface area contributed by atoms with Gasteiger partial charge >= 0.3 is 0 Å². The number of nitrogens with one attached hydrogen (secondary N) is 1. The fraction of sp³-hybridized carbons (Fsp3) is 0.333. The van der Waals surface area contributed by atoms with Gasteiger partial charge in [-0.3, -0.25) is 0 Å². The van der Waals surface area contributed by atoms with Crippen LogP contribution in [0.15, 0.2) is 24.3 Å². The Morgan fingerprint density at radius 1 is 1.15 bits per heavy atom. The maximum absolute atomic E-state index is 5.40. The predicted molar refractivity (Wildman–Crippen MR) is 77.1 cm³/mol. The largest absolute Gasteiger partial charge is 0.454 e. The highest BCUT2D eigenvalue weighted by Gasteiger charge is 2.15. The van der Waals surface area contributed by atoms with Gasteiger partial charge in [-0.25, -0.2) is 9.97 Å². The molecule has 0 atom stereocenters. The Balaban J connectivity index is 2.02. The Morgan fingerprint density at radius 2 is 2.00 bits per heavy atom. The average Bonchev–Trinajstić information content (AvgIpc) is 2.94. The van der Waals surface area contributed by atoms with Gasteiger partial charge in [-0.05, 0) is 24.6 Å². The smallest absolute Gasteiger partial charge is 0.231 e. The van der Waals surface area contributed by atoms with E-state index in [1.807, 2.05) is 31.3 Å². The van der Waals surface area contributed by atoms with Crippen molar-refractivity contribution in [1.29, 1.82) is 0 Å². The zero-order valence-corrected chi connectivity index (χ0v) is 11.6. The van der Waals surface area contributed by atoms with E-state index in [9.17, 15) is 0 Å². The lowest BCUT2D eigenvalue weighted by molar-refractivity contribution is 0.174. The molecule has 0 bridgehead atoms. The number of rotatable bonds is 4. The Bertz CT molecular complexity index is 629. The van der Waals surface area contributed by atoms with E-state index < -0.39 is 0 Å². The van der Waals surface area contributed by atoms with Gasteiger partial charge in [-0.1, -0.05) is 13.3 Å². The first-order valence-corrected chi connectivity index (χ1v) is 6.76. The van der Waals surface area contributed by atoms with E-state index in [1.54, 1.807) is 0 Å². The second-order valence-corrected chi connectivity index (χ2v) is 4.64. The van der Waals surface area contributed by atoms with Crippen LogP contribution < -0.4 is 14.8 Å². The van der Waals surface area contributed by atoms with Crippen molar-refractivity contribution in [2.45, 2.75) is 19.8 Å². The van der Waals surface area contributed by atoms with Gasteiger partial charge in [0.1, 0.15) is 5.82 Å². The first-order chi connectivity index (χ1) is 9.80. The quantitative estimate of drug-likeness (QED) is 0.926. The maximum atomic E-state index is 5.40. The molecule has 0 saturated carbocycles. The van der Waals surface area contributed by atoms with Crippen molar-refractivity contribution < 1.29 is 9.47 Å². The van der Waals surface area contributed by atoms with E-state index in [0.29, 0.717) is 5.82 Å². The molecule has 5 nitrogen and oxygen atoms in total. The lowest BCUT2D eigenvalue weighted by Crippen LogP contribution is -2.01. The zero-order chi connectivity index (χ0) is 13.9. The first-order valence-electron chi connectivity index (χ1n) is 6.76. The van der Waals surface area contributed by atoms with Gasteiger partial charge in [0.15, 0.2) is 17.3 Å². The van der Waals surface area contributed by atoms with Gasteiger partial charge in [0.2, 0.25) is 6.79 Å². The van der Waals surface area contributed by atoms with Gasteiger partial charge in [0, 0.05) is 24.4 Å². The molecule has 1 aromatic carbocycles. The summed E-state index contributed by atoms with van der Waals surface area (Å²) in [6, 6.07) is 7.76. The van der Waals surface area contributed by atoms with Gasteiger partial charge in [-0.15, -0.1) is 0 Å². The minimum atomic E-state index is 0.275. The lowest BCUT2D eigenvalue weighted by atomic mass is 10.1. The van der Waals surface area contributed by atoms with E-state index in [-0.39, 0.29) is 6.79 Å². The summed E-state index contributed by atoms with van der Waals surface area (Å²) >= 11 is 0. The van der Waals surface area contributed by atoms with Crippen LogP contribution >= 0.6 is 0 Å². The van der Waals surface area contributed by atoms with Crippen LogP contribution in [0.5, 0.6) is 11.5 Å². The summed E-state index contributed by atoms with van der Waals surface area (Å²) in [6.45, 7) is 2.42. The minimum absolute atomic E-state index is 0.275. The summed E-state index contributed by atoms with van der Waals surface area (Å²) in [5.74, 6) is 3.06. The van der Waals surface area contributed by atoms with Crippen molar-refractivity contribution in [3.05, 3.63) is 30.0 Å². The van der Waals surface area contributed by atoms with Crippen molar-refractivity contribution in [2.24, 2.45) is 0 Å². The number of ether oxygens (including phenoxy) is 2. The van der Waals surface area contributed by atoms with E-state index >= 15 is 0 Å². The number of aromatic nitrogens is 2. The normalized spacial score (nSPS) is 12.5. The summed E-state index contributed by atoms with van der Waals surface area (Å²) in [4.78, 5) is 9.13. The molecule has 0 saturated heterocycles. The number of nitrogens with zero attached hydrogens (tertiary/aromatic N) is 2. The molecule has 1 aliphatic rings. The molecule has 0 unspecified atom stereocenters. The average molecular weight is 271 g/mol. The molecule has 2 aromatic rings. The number of hydrogen-bond donors (Lipinski definition) is 1. The number of fused-ring (bicyclic) bond motifs is 1. The zero-order valence-electron chi connectivity index (χ0n) is 11.6. The minimum Gasteiger partial charge on any atom is -0.454 e. The van der Waals surface area contributed by atoms with E-state index in [0.717, 1.165) is 41.4 Å². The standard InChI is InChI=1S/C15H17N3O2/c1-3-4-11-8-14(16-2)18-15(17-11)10-5-6-12-13(7-10)20-9-19-12/h5-8H,3-4,9H2,1-2H3,(H,16,17,18). The van der Waals surface area contributed by atoms with E-state index in [2.05, 4.69) is 22.2 Å². The molecule has 3 rings (SSSR count). The molecule has 1 aromatic heterocycles. The summed E-state index contributed by atoms with van der Waals surface area (Å²) in [6.07, 6.45) is 2.00. The molecule has 0 radical (unpaired) electrons. The predicted octanol–water partition coefficient (Wildman–Crippen LogP) is 2.87. The van der Waals surface area contributed by atoms with Crippen LogP contribution in [0.25, 0.3) is 11.4 Å². The summed E-state index contributed by atoms with van der Waals surface area (Å²) < 4.78 is 10.7. The summed E-state index contributed by atoms with van der Waals surface area (Å²) in [5, 5.41) is 3.08. The number of hydrogen-bond acceptors (Lipinski definition) is 5. The molecule has 0 aliphatic carbocycles. The Labute approximate surface area is 118 Å². The second kappa shape index (κ2) is 5.36. The second-order valence-electron chi connectivity index (χ2n) is 4.64. The van der Waals surface area contributed by atoms with Gasteiger partial charge in [-0.2, -0.15) is 0 Å². The molecule has 0 fully saturated rings. The van der Waals surface area contributed by atoms with E-state index in [4.69, 9.17) is 9.47 Å². The van der Waals surface area contributed by atoms with Gasteiger partial charge in [0.25, 0.3) is 0 Å². The molecule has 0 amide bonds. The number of benzene rings is 1. The Hall–Kier alpha value is -2.30. The van der Waals surface area contributed by atoms with Crippen LogP contribution in [0.1, 0.15) is 19.0 Å². The van der Waals surface area contributed by atoms with Crippen molar-refractivity contribution >= 4 is 5.82 Å². The highest BCUT2D eigenvalue weighted by atomic mass is 16.7. The monoisotopic (exact) mass is 271 g/mol. The van der Waals surface area contributed by atoms with Crippen molar-refractivity contribution in [3.8, 4) is 22.9 Å². The van der Waals surface area contributed by atoms with Crippen LogP contribution in [0.2, 0.25) is 0 Å². The lowest BCUT2D eigenvalue weighted by Gasteiger charge is -2.08. The molecule has 5 heteroatoms.